The van der Waals surface area contributed by atoms with Gasteiger partial charge in [0, 0.05) is 129 Å². The molecule has 498 valence electrons. The van der Waals surface area contributed by atoms with Crippen LogP contribution in [0.25, 0.3) is 0 Å². The maximum absolute atomic E-state index is 14.8. The van der Waals surface area contributed by atoms with E-state index in [-0.39, 0.29) is 31.2 Å². The van der Waals surface area contributed by atoms with Crippen LogP contribution in [-0.4, -0.2) is 217 Å². The lowest BCUT2D eigenvalue weighted by Gasteiger charge is -2.43. The lowest BCUT2D eigenvalue weighted by atomic mass is 9.80. The highest BCUT2D eigenvalue weighted by atomic mass is 16.6. The number of piperazine rings is 1. The zero-order valence-corrected chi connectivity index (χ0v) is 54.7. The average Bonchev–Trinajstić information content (AvgIpc) is 1.77. The van der Waals surface area contributed by atoms with E-state index in [4.69, 9.17) is 48.9 Å². The normalized spacial score (nSPS) is 35.5. The summed E-state index contributed by atoms with van der Waals surface area (Å²) in [5, 5.41) is 34.9. The van der Waals surface area contributed by atoms with Gasteiger partial charge in [0.05, 0.1) is 43.3 Å². The van der Waals surface area contributed by atoms with Gasteiger partial charge in [-0.25, -0.2) is 19.6 Å². The number of hydrogen-bond donors (Lipinski definition) is 4. The molecule has 1 aromatic rings. The van der Waals surface area contributed by atoms with Crippen molar-refractivity contribution in [1.29, 1.82) is 0 Å². The molecule has 3 saturated heterocycles. The van der Waals surface area contributed by atoms with E-state index in [1.54, 1.807) is 46.0 Å². The third-order valence-corrected chi connectivity index (χ3v) is 19.4. The van der Waals surface area contributed by atoms with Crippen LogP contribution < -0.4 is 10.6 Å². The number of nitrogens with zero attached hydrogens (tertiary/aromatic N) is 6. The number of anilines is 1. The van der Waals surface area contributed by atoms with Crippen molar-refractivity contribution >= 4 is 35.5 Å². The number of ether oxygens (including phenoxy) is 7. The van der Waals surface area contributed by atoms with Gasteiger partial charge < -0.3 is 68.9 Å². The van der Waals surface area contributed by atoms with E-state index in [1.807, 2.05) is 57.3 Å². The van der Waals surface area contributed by atoms with E-state index in [1.165, 1.54) is 12.0 Å². The molecular formula is C67H105N7O15. The van der Waals surface area contributed by atoms with Crippen molar-refractivity contribution in [2.75, 3.05) is 85.3 Å². The number of esters is 1. The summed E-state index contributed by atoms with van der Waals surface area (Å²) in [6.45, 7) is 19.6. The van der Waals surface area contributed by atoms with E-state index in [9.17, 15) is 39.3 Å². The van der Waals surface area contributed by atoms with Crippen molar-refractivity contribution in [2.45, 2.75) is 212 Å². The van der Waals surface area contributed by atoms with Gasteiger partial charge in [0.25, 0.3) is 11.7 Å². The third-order valence-electron chi connectivity index (χ3n) is 19.4. The average molecular weight is 1250 g/mol. The first-order valence-electron chi connectivity index (χ1n) is 32.8. The van der Waals surface area contributed by atoms with Gasteiger partial charge in [0.1, 0.15) is 30.5 Å². The van der Waals surface area contributed by atoms with Crippen LogP contribution in [0.5, 0.6) is 0 Å². The molecule has 22 nitrogen and oxygen atoms in total. The SMILES string of the molecule is CCCOCCN1CCN(c2ncc3c(n2)CCN(C(=O)O[C@@H]2CC[C@@H](C[C@@H](N)[C@@H]4C[C@@H](OC)[C@H](C)/C=C(\C)[C@@H](O)[C@@H](O)C(=O)[C@H](C)C[C@H](C)/C=C/C=C/C=C(\C)[C@@H](OC)C[C@@H]5CC[C@@H](C)[C@@](O)(O5)C(=O)C(=O)N5CCCC[C@H]5C(=O)O4)C[C@H]2OC)C3)CC1. The van der Waals surface area contributed by atoms with Crippen LogP contribution in [-0.2, 0) is 65.3 Å². The first-order chi connectivity index (χ1) is 42.6. The molecule has 5 aliphatic heterocycles. The minimum absolute atomic E-state index is 0.0422. The Morgan fingerprint density at radius 3 is 2.29 bits per heavy atom. The molecule has 22 heteroatoms. The highest BCUT2D eigenvalue weighted by Gasteiger charge is 2.53. The van der Waals surface area contributed by atoms with Crippen molar-refractivity contribution in [3.05, 3.63) is 65.1 Å². The van der Waals surface area contributed by atoms with E-state index < -0.39 is 114 Å². The minimum Gasteiger partial charge on any atom is -0.459 e. The first-order valence-corrected chi connectivity index (χ1v) is 32.8. The Balaban J connectivity index is 1.06. The maximum Gasteiger partial charge on any atom is 0.410 e. The van der Waals surface area contributed by atoms with E-state index >= 15 is 0 Å². The number of hydrogen-bond acceptors (Lipinski definition) is 20. The Morgan fingerprint density at radius 2 is 1.57 bits per heavy atom. The Bertz CT molecular complexity index is 2630. The number of cyclic esters (lactones) is 1. The predicted molar refractivity (Wildman–Crippen MR) is 335 cm³/mol. The summed E-state index contributed by atoms with van der Waals surface area (Å²) in [4.78, 5) is 88.5. The number of methoxy groups -OCH3 is 3. The highest BCUT2D eigenvalue weighted by Crippen LogP contribution is 2.38. The van der Waals surface area contributed by atoms with Crippen LogP contribution in [0, 0.1) is 29.6 Å². The fourth-order valence-electron chi connectivity index (χ4n) is 13.7. The summed E-state index contributed by atoms with van der Waals surface area (Å²) in [6.07, 6.45) is 12.0. The van der Waals surface area contributed by atoms with Crippen LogP contribution >= 0.6 is 0 Å². The van der Waals surface area contributed by atoms with Crippen molar-refractivity contribution in [3.8, 4) is 0 Å². The fourth-order valence-corrected chi connectivity index (χ4v) is 13.7. The second-order valence-electron chi connectivity index (χ2n) is 26.1. The topological polar surface area (TPSA) is 275 Å². The Hall–Kier alpha value is -5.01. The largest absolute Gasteiger partial charge is 0.459 e. The predicted octanol–water partition coefficient (Wildman–Crippen LogP) is 6.20. The van der Waals surface area contributed by atoms with Crippen LogP contribution in [0.3, 0.4) is 0 Å². The van der Waals surface area contributed by atoms with Gasteiger partial charge in [0.15, 0.2) is 5.78 Å². The molecule has 2 amide bonds. The molecule has 4 fully saturated rings. The summed E-state index contributed by atoms with van der Waals surface area (Å²) in [6, 6.07) is -1.99. The Morgan fingerprint density at radius 1 is 0.820 bits per heavy atom. The second kappa shape index (κ2) is 34.1. The molecule has 89 heavy (non-hydrogen) atoms. The maximum atomic E-state index is 14.8. The van der Waals surface area contributed by atoms with Gasteiger partial charge in [-0.3, -0.25) is 19.3 Å². The van der Waals surface area contributed by atoms with Gasteiger partial charge in [-0.05, 0) is 107 Å². The molecule has 0 aromatic carbocycles. The monoisotopic (exact) mass is 1250 g/mol. The van der Waals surface area contributed by atoms with Crippen molar-refractivity contribution in [2.24, 2.45) is 35.3 Å². The molecule has 1 saturated carbocycles. The van der Waals surface area contributed by atoms with Crippen LogP contribution in [0.4, 0.5) is 10.7 Å². The zero-order valence-electron chi connectivity index (χ0n) is 54.7. The number of ketones is 2. The highest BCUT2D eigenvalue weighted by molar-refractivity contribution is 6.39. The summed E-state index contributed by atoms with van der Waals surface area (Å²) in [5.74, 6) is -7.09. The molecular weight excluding hydrogens is 1140 g/mol. The quantitative estimate of drug-likeness (QED) is 0.0740. The number of aliphatic hydroxyl groups is 3. The molecule has 6 aliphatic rings. The molecule has 2 bridgehead atoms. The van der Waals surface area contributed by atoms with Gasteiger partial charge in [0.2, 0.25) is 11.7 Å². The third kappa shape index (κ3) is 19.1. The minimum atomic E-state index is -2.47. The van der Waals surface area contributed by atoms with Gasteiger partial charge in [-0.1, -0.05) is 71.1 Å². The molecule has 5 N–H and O–H groups in total. The number of allylic oxidation sites excluding steroid dienone is 5. The number of piperidine rings is 1. The Kier molecular flexibility index (Phi) is 27.3. The number of nitrogens with two attached hydrogens (primary N) is 1. The number of Topliss-reactive ketones (excluding diaryl/α,β-unsaturated/α-hetero) is 2. The number of aliphatic hydroxyl groups excluding tert-OH is 2. The number of carbonyl (C=O) groups is 5. The molecule has 7 rings (SSSR count). The Labute approximate surface area is 527 Å². The van der Waals surface area contributed by atoms with E-state index in [0.29, 0.717) is 95.2 Å². The summed E-state index contributed by atoms with van der Waals surface area (Å²) < 4.78 is 42.6. The number of carbonyl (C=O) groups excluding carboxylic acids is 5. The summed E-state index contributed by atoms with van der Waals surface area (Å²) in [5.41, 5.74) is 10.2. The van der Waals surface area contributed by atoms with Crippen molar-refractivity contribution in [1.82, 2.24) is 24.7 Å². The zero-order chi connectivity index (χ0) is 64.5. The summed E-state index contributed by atoms with van der Waals surface area (Å²) >= 11 is 0. The lowest BCUT2D eigenvalue weighted by molar-refractivity contribution is -0.265. The molecule has 1 aliphatic carbocycles. The number of aromatic nitrogens is 2. The van der Waals surface area contributed by atoms with Crippen molar-refractivity contribution < 1.29 is 72.5 Å². The second-order valence-corrected chi connectivity index (χ2v) is 26.1. The number of fused-ring (bicyclic) bond motifs is 4. The number of rotatable bonds is 13. The molecule has 16 atom stereocenters. The first kappa shape index (κ1) is 71.4. The standard InChI is InChI=1S/C67H105N7O15/c1-11-32-86-33-31-71-27-29-72(30-28-71)65-69-40-49-41-73(26-24-52(49)70-65)66(81)88-54-23-21-48(37-58(54)85-10)36-51(68)57-39-56(84-9)44(4)35-46(6)60(76)61(77)59(75)45(5)34-42(2)17-13-12-14-18-43(3)55(83-8)38-50-22-20-47(7)67(82,89-50)62(78)63(79)74-25-16-15-19-53(74)64(80)87-57/h12-14,17-18,35,40,42,44-45,47-48,50-51,53-58,60-61,76-77,82H,11,15-16,19-34,36-39,41,68H2,1-10H3/b14-12+,17-13+,43-18+,46-35+/t42-,44-,45-,47-,48+,50+,51-,53+,54-,55+,56-,57+,58-,60-,61+,67-/m1/s1. The molecule has 0 unspecified atom stereocenters. The van der Waals surface area contributed by atoms with E-state index in [2.05, 4.69) is 16.7 Å². The van der Waals surface area contributed by atoms with Gasteiger partial charge in [-0.2, -0.15) is 0 Å². The van der Waals surface area contributed by atoms with E-state index in [0.717, 1.165) is 69.2 Å². The van der Waals surface area contributed by atoms with Gasteiger partial charge >= 0.3 is 12.1 Å². The summed E-state index contributed by atoms with van der Waals surface area (Å²) in [7, 11) is 4.67. The lowest BCUT2D eigenvalue weighted by Crippen LogP contribution is -2.61. The van der Waals surface area contributed by atoms with Gasteiger partial charge in [-0.15, -0.1) is 0 Å². The smallest absolute Gasteiger partial charge is 0.410 e. The van der Waals surface area contributed by atoms with Crippen molar-refractivity contribution in [3.63, 3.8) is 0 Å². The molecule has 0 radical (unpaired) electrons. The molecule has 0 spiro atoms. The number of amides is 2. The van der Waals surface area contributed by atoms with Crippen LogP contribution in [0.1, 0.15) is 143 Å². The fraction of sp³-hybridized carbons (Fsp3) is 0.746. The van der Waals surface area contributed by atoms with Crippen LogP contribution in [0.15, 0.2) is 53.8 Å². The molecule has 1 aromatic heterocycles. The van der Waals surface area contributed by atoms with Crippen LogP contribution in [0.2, 0.25) is 0 Å². The molecule has 6 heterocycles.